The largest absolute Gasteiger partial charge is 0.466 e. The molecule has 2 unspecified atom stereocenters. The van der Waals surface area contributed by atoms with Crippen LogP contribution < -0.4 is 5.32 Å². The van der Waals surface area contributed by atoms with Crippen molar-refractivity contribution >= 4 is 0 Å². The molecule has 2 atom stereocenters. The van der Waals surface area contributed by atoms with Crippen LogP contribution in [0.3, 0.4) is 0 Å². The SMILES string of the molecule is CCC(CC1CC1)NC(C)c1cc(C)oc1C. The summed E-state index contributed by atoms with van der Waals surface area (Å²) in [7, 11) is 0. The highest BCUT2D eigenvalue weighted by Crippen LogP contribution is 2.34. The van der Waals surface area contributed by atoms with Crippen LogP contribution in [0.4, 0.5) is 0 Å². The predicted molar refractivity (Wildman–Crippen MR) is 71.2 cm³/mol. The second-order valence-corrected chi connectivity index (χ2v) is 5.54. The molecule has 0 radical (unpaired) electrons. The Balaban J connectivity index is 1.94. The summed E-state index contributed by atoms with van der Waals surface area (Å²) in [5.74, 6) is 3.07. The van der Waals surface area contributed by atoms with Crippen LogP contribution in [0.5, 0.6) is 0 Å². The van der Waals surface area contributed by atoms with Crippen LogP contribution in [0.2, 0.25) is 0 Å². The van der Waals surface area contributed by atoms with Crippen LogP contribution in [-0.4, -0.2) is 6.04 Å². The highest BCUT2D eigenvalue weighted by atomic mass is 16.3. The average molecular weight is 235 g/mol. The van der Waals surface area contributed by atoms with Crippen molar-refractivity contribution in [2.75, 3.05) is 0 Å². The van der Waals surface area contributed by atoms with Crippen molar-refractivity contribution in [2.24, 2.45) is 5.92 Å². The van der Waals surface area contributed by atoms with Gasteiger partial charge in [0, 0.05) is 17.6 Å². The maximum atomic E-state index is 5.60. The zero-order valence-corrected chi connectivity index (χ0v) is 11.5. The summed E-state index contributed by atoms with van der Waals surface area (Å²) < 4.78 is 5.60. The molecule has 2 rings (SSSR count). The summed E-state index contributed by atoms with van der Waals surface area (Å²) in [6.07, 6.45) is 5.44. The Morgan fingerprint density at radius 1 is 1.41 bits per heavy atom. The van der Waals surface area contributed by atoms with E-state index >= 15 is 0 Å². The Labute approximate surface area is 105 Å². The third kappa shape index (κ3) is 3.35. The summed E-state index contributed by atoms with van der Waals surface area (Å²) >= 11 is 0. The third-order valence-electron chi connectivity index (χ3n) is 3.84. The molecule has 1 aromatic rings. The molecule has 0 bridgehead atoms. The fourth-order valence-corrected chi connectivity index (χ4v) is 2.63. The lowest BCUT2D eigenvalue weighted by Gasteiger charge is -2.22. The second-order valence-electron chi connectivity index (χ2n) is 5.54. The highest BCUT2D eigenvalue weighted by Gasteiger charge is 2.25. The summed E-state index contributed by atoms with van der Waals surface area (Å²) in [6.45, 7) is 8.60. The van der Waals surface area contributed by atoms with E-state index in [0.717, 1.165) is 17.4 Å². The van der Waals surface area contributed by atoms with E-state index in [2.05, 4.69) is 32.2 Å². The molecule has 1 aromatic heterocycles. The molecular weight excluding hydrogens is 210 g/mol. The molecule has 96 valence electrons. The fourth-order valence-electron chi connectivity index (χ4n) is 2.63. The minimum Gasteiger partial charge on any atom is -0.466 e. The molecule has 17 heavy (non-hydrogen) atoms. The van der Waals surface area contributed by atoms with E-state index in [1.54, 1.807) is 0 Å². The molecule has 1 N–H and O–H groups in total. The Kier molecular flexibility index (Phi) is 3.93. The molecule has 1 saturated carbocycles. The molecule has 1 aliphatic rings. The lowest BCUT2D eigenvalue weighted by atomic mass is 10.0. The minimum atomic E-state index is 0.399. The summed E-state index contributed by atoms with van der Waals surface area (Å²) in [5.41, 5.74) is 1.32. The van der Waals surface area contributed by atoms with Crippen molar-refractivity contribution < 1.29 is 4.42 Å². The smallest absolute Gasteiger partial charge is 0.105 e. The van der Waals surface area contributed by atoms with E-state index in [0.29, 0.717) is 12.1 Å². The molecule has 1 aliphatic carbocycles. The van der Waals surface area contributed by atoms with Gasteiger partial charge in [-0.2, -0.15) is 0 Å². The normalized spacial score (nSPS) is 19.3. The molecule has 2 heteroatoms. The van der Waals surface area contributed by atoms with E-state index in [9.17, 15) is 0 Å². The second kappa shape index (κ2) is 5.26. The van der Waals surface area contributed by atoms with Gasteiger partial charge in [0.15, 0.2) is 0 Å². The van der Waals surface area contributed by atoms with E-state index in [1.807, 2.05) is 6.92 Å². The van der Waals surface area contributed by atoms with Crippen molar-refractivity contribution in [1.82, 2.24) is 5.32 Å². The summed E-state index contributed by atoms with van der Waals surface area (Å²) in [6, 6.07) is 3.22. The number of hydrogen-bond acceptors (Lipinski definition) is 2. The summed E-state index contributed by atoms with van der Waals surface area (Å²) in [4.78, 5) is 0. The van der Waals surface area contributed by atoms with Crippen LogP contribution in [0.15, 0.2) is 10.5 Å². The lowest BCUT2D eigenvalue weighted by molar-refractivity contribution is 0.399. The topological polar surface area (TPSA) is 25.2 Å². The van der Waals surface area contributed by atoms with E-state index in [4.69, 9.17) is 4.42 Å². The van der Waals surface area contributed by atoms with Crippen LogP contribution >= 0.6 is 0 Å². The predicted octanol–water partition coefficient (Wildman–Crippen LogP) is 4.13. The molecule has 0 aromatic carbocycles. The maximum Gasteiger partial charge on any atom is 0.105 e. The number of aryl methyl sites for hydroxylation is 2. The van der Waals surface area contributed by atoms with Crippen LogP contribution in [-0.2, 0) is 0 Å². The quantitative estimate of drug-likeness (QED) is 0.802. The van der Waals surface area contributed by atoms with Gasteiger partial charge >= 0.3 is 0 Å². The molecule has 1 heterocycles. The van der Waals surface area contributed by atoms with Crippen molar-refractivity contribution in [1.29, 1.82) is 0 Å². The van der Waals surface area contributed by atoms with Crippen molar-refractivity contribution in [2.45, 2.75) is 65.5 Å². The molecular formula is C15H25NO. The summed E-state index contributed by atoms with van der Waals surface area (Å²) in [5, 5.41) is 3.75. The zero-order chi connectivity index (χ0) is 12.4. The number of hydrogen-bond donors (Lipinski definition) is 1. The first-order valence-corrected chi connectivity index (χ1v) is 6.93. The van der Waals surface area contributed by atoms with Gasteiger partial charge in [-0.05, 0) is 45.6 Å². The molecule has 0 aliphatic heterocycles. The van der Waals surface area contributed by atoms with E-state index in [1.165, 1.54) is 31.2 Å². The van der Waals surface area contributed by atoms with E-state index < -0.39 is 0 Å². The lowest BCUT2D eigenvalue weighted by Crippen LogP contribution is -2.31. The van der Waals surface area contributed by atoms with Gasteiger partial charge in [-0.3, -0.25) is 0 Å². The molecule has 2 nitrogen and oxygen atoms in total. The Hall–Kier alpha value is -0.760. The zero-order valence-electron chi connectivity index (χ0n) is 11.5. The standard InChI is InChI=1S/C15H25NO/c1-5-14(9-13-6-7-13)16-11(3)15-8-10(2)17-12(15)4/h8,11,13-14,16H,5-7,9H2,1-4H3. The van der Waals surface area contributed by atoms with Crippen molar-refractivity contribution in [3.05, 3.63) is 23.2 Å². The van der Waals surface area contributed by atoms with Gasteiger partial charge in [-0.1, -0.05) is 19.8 Å². The van der Waals surface area contributed by atoms with Gasteiger partial charge in [0.25, 0.3) is 0 Å². The van der Waals surface area contributed by atoms with Gasteiger partial charge in [-0.15, -0.1) is 0 Å². The van der Waals surface area contributed by atoms with E-state index in [-0.39, 0.29) is 0 Å². The Morgan fingerprint density at radius 3 is 2.59 bits per heavy atom. The fraction of sp³-hybridized carbons (Fsp3) is 0.733. The minimum absolute atomic E-state index is 0.399. The molecule has 0 saturated heterocycles. The highest BCUT2D eigenvalue weighted by molar-refractivity contribution is 5.23. The first kappa shape index (κ1) is 12.7. The molecule has 0 amide bonds. The van der Waals surface area contributed by atoms with Crippen molar-refractivity contribution in [3.63, 3.8) is 0 Å². The first-order chi connectivity index (χ1) is 8.10. The Morgan fingerprint density at radius 2 is 2.12 bits per heavy atom. The van der Waals surface area contributed by atoms with Crippen molar-refractivity contribution in [3.8, 4) is 0 Å². The van der Waals surface area contributed by atoms with Gasteiger partial charge in [0.1, 0.15) is 11.5 Å². The molecule has 0 spiro atoms. The maximum absolute atomic E-state index is 5.60. The van der Waals surface area contributed by atoms with Gasteiger partial charge in [0.05, 0.1) is 0 Å². The third-order valence-corrected chi connectivity index (χ3v) is 3.84. The van der Waals surface area contributed by atoms with Crippen LogP contribution in [0.1, 0.15) is 62.7 Å². The van der Waals surface area contributed by atoms with Crippen LogP contribution in [0.25, 0.3) is 0 Å². The molecule has 1 fully saturated rings. The number of nitrogens with one attached hydrogen (secondary N) is 1. The van der Waals surface area contributed by atoms with Crippen LogP contribution in [0, 0.1) is 19.8 Å². The van der Waals surface area contributed by atoms with Gasteiger partial charge in [-0.25, -0.2) is 0 Å². The number of rotatable bonds is 6. The Bertz CT molecular complexity index is 365. The number of furan rings is 1. The van der Waals surface area contributed by atoms with Gasteiger partial charge < -0.3 is 9.73 Å². The first-order valence-electron chi connectivity index (χ1n) is 6.93. The monoisotopic (exact) mass is 235 g/mol. The van der Waals surface area contributed by atoms with Gasteiger partial charge in [0.2, 0.25) is 0 Å². The average Bonchev–Trinajstić information content (AvgIpc) is 3.02.